The summed E-state index contributed by atoms with van der Waals surface area (Å²) in [5, 5.41) is 12.8. The summed E-state index contributed by atoms with van der Waals surface area (Å²) < 4.78 is 6.13. The van der Waals surface area contributed by atoms with Gasteiger partial charge in [-0.15, -0.1) is 0 Å². The zero-order valence-electron chi connectivity index (χ0n) is 20.7. The number of ether oxygens (including phenoxy) is 1. The van der Waals surface area contributed by atoms with E-state index in [0.717, 1.165) is 63.7 Å². The van der Waals surface area contributed by atoms with Crippen LogP contribution in [0, 0.1) is 0 Å². The van der Waals surface area contributed by atoms with Crippen LogP contribution in [0.25, 0.3) is 33.3 Å². The van der Waals surface area contributed by atoms with Crippen LogP contribution in [0.1, 0.15) is 24.0 Å². The Labute approximate surface area is 220 Å². The van der Waals surface area contributed by atoms with Gasteiger partial charge in [0.05, 0.1) is 28.7 Å². The van der Waals surface area contributed by atoms with E-state index in [2.05, 4.69) is 33.5 Å². The summed E-state index contributed by atoms with van der Waals surface area (Å²) >= 11 is 0. The maximum absolute atomic E-state index is 11.3. The standard InChI is InChI=1S/C31H26N4O3/c36-30(37)35-31(14-15-31)24-8-6-23(7-9-24)28-25(22-4-2-1-3-5-22)20-26-27(34-28)12-18-33-29(26)38-19-13-21-10-16-32-17-11-21/h1-12,16-18,20,35H,13-15,19H2,(H,36,37). The summed E-state index contributed by atoms with van der Waals surface area (Å²) in [5.74, 6) is 0.554. The Kier molecular flexibility index (Phi) is 6.17. The second kappa shape index (κ2) is 9.94. The Bertz CT molecular complexity index is 1590. The molecule has 3 heterocycles. The molecule has 3 aromatic heterocycles. The molecule has 0 spiro atoms. The number of carboxylic acid groups (broad SMARTS) is 1. The average Bonchev–Trinajstić information content (AvgIpc) is 3.73. The highest BCUT2D eigenvalue weighted by molar-refractivity contribution is 5.93. The molecule has 0 saturated heterocycles. The molecule has 0 radical (unpaired) electrons. The molecule has 0 aliphatic heterocycles. The van der Waals surface area contributed by atoms with E-state index in [1.54, 1.807) is 18.6 Å². The van der Waals surface area contributed by atoms with E-state index >= 15 is 0 Å². The van der Waals surface area contributed by atoms with Crippen LogP contribution in [0.4, 0.5) is 4.79 Å². The van der Waals surface area contributed by atoms with Crippen LogP contribution in [0.2, 0.25) is 0 Å². The number of fused-ring (bicyclic) bond motifs is 1. The number of aromatic nitrogens is 3. The third kappa shape index (κ3) is 4.78. The van der Waals surface area contributed by atoms with Gasteiger partial charge in [-0.05, 0) is 53.8 Å². The van der Waals surface area contributed by atoms with Gasteiger partial charge < -0.3 is 15.2 Å². The van der Waals surface area contributed by atoms with Crippen molar-refractivity contribution < 1.29 is 14.6 Å². The average molecular weight is 503 g/mol. The highest BCUT2D eigenvalue weighted by atomic mass is 16.5. The number of pyridine rings is 3. The lowest BCUT2D eigenvalue weighted by Gasteiger charge is -2.17. The summed E-state index contributed by atoms with van der Waals surface area (Å²) in [6.45, 7) is 0.492. The van der Waals surface area contributed by atoms with Crippen molar-refractivity contribution in [2.45, 2.75) is 24.8 Å². The molecule has 6 rings (SSSR count). The molecule has 1 aliphatic carbocycles. The van der Waals surface area contributed by atoms with Crippen LogP contribution < -0.4 is 10.1 Å². The summed E-state index contributed by atoms with van der Waals surface area (Å²) in [7, 11) is 0. The maximum atomic E-state index is 11.3. The molecule has 1 amide bonds. The first kappa shape index (κ1) is 23.6. The first-order chi connectivity index (χ1) is 18.6. The van der Waals surface area contributed by atoms with Crippen molar-refractivity contribution in [2.24, 2.45) is 0 Å². The number of nitrogens with zero attached hydrogens (tertiary/aromatic N) is 3. The molecule has 0 atom stereocenters. The van der Waals surface area contributed by atoms with Crippen molar-refractivity contribution >= 4 is 17.0 Å². The van der Waals surface area contributed by atoms with Gasteiger partial charge >= 0.3 is 6.09 Å². The summed E-state index contributed by atoms with van der Waals surface area (Å²) in [6, 6.07) is 26.1. The molecule has 0 bridgehead atoms. The smallest absolute Gasteiger partial charge is 0.405 e. The lowest BCUT2D eigenvalue weighted by Crippen LogP contribution is -2.33. The third-order valence-corrected chi connectivity index (χ3v) is 6.98. The van der Waals surface area contributed by atoms with Gasteiger partial charge in [-0.3, -0.25) is 4.98 Å². The molecule has 38 heavy (non-hydrogen) atoms. The minimum Gasteiger partial charge on any atom is -0.477 e. The number of nitrogens with one attached hydrogen (secondary N) is 1. The van der Waals surface area contributed by atoms with E-state index in [1.807, 2.05) is 60.7 Å². The largest absolute Gasteiger partial charge is 0.477 e. The molecular weight excluding hydrogens is 476 g/mol. The number of benzene rings is 2. The van der Waals surface area contributed by atoms with E-state index in [9.17, 15) is 9.90 Å². The van der Waals surface area contributed by atoms with Gasteiger partial charge in [-0.25, -0.2) is 14.8 Å². The monoisotopic (exact) mass is 502 g/mol. The lowest BCUT2D eigenvalue weighted by molar-refractivity contribution is 0.188. The number of hydrogen-bond donors (Lipinski definition) is 2. The first-order valence-corrected chi connectivity index (χ1v) is 12.6. The molecular formula is C31H26N4O3. The molecule has 1 saturated carbocycles. The van der Waals surface area contributed by atoms with Gasteiger partial charge in [0.25, 0.3) is 0 Å². The Balaban J connectivity index is 1.37. The van der Waals surface area contributed by atoms with Gasteiger partial charge in [0.15, 0.2) is 0 Å². The second-order valence-electron chi connectivity index (χ2n) is 9.48. The van der Waals surface area contributed by atoms with Crippen LogP contribution >= 0.6 is 0 Å². The quantitative estimate of drug-likeness (QED) is 0.261. The van der Waals surface area contributed by atoms with Crippen molar-refractivity contribution in [2.75, 3.05) is 6.61 Å². The zero-order chi connectivity index (χ0) is 26.0. The summed E-state index contributed by atoms with van der Waals surface area (Å²) in [6.07, 6.45) is 6.65. The van der Waals surface area contributed by atoms with Crippen molar-refractivity contribution in [1.29, 1.82) is 0 Å². The number of rotatable bonds is 8. The van der Waals surface area contributed by atoms with E-state index in [-0.39, 0.29) is 0 Å². The van der Waals surface area contributed by atoms with Gasteiger partial charge in [-0.1, -0.05) is 54.6 Å². The van der Waals surface area contributed by atoms with E-state index < -0.39 is 11.6 Å². The van der Waals surface area contributed by atoms with E-state index in [0.29, 0.717) is 12.5 Å². The van der Waals surface area contributed by atoms with Gasteiger partial charge in [0.1, 0.15) is 0 Å². The summed E-state index contributed by atoms with van der Waals surface area (Å²) in [4.78, 5) is 24.9. The van der Waals surface area contributed by atoms with Crippen molar-refractivity contribution in [1.82, 2.24) is 20.3 Å². The van der Waals surface area contributed by atoms with Gasteiger partial charge in [0.2, 0.25) is 5.88 Å². The van der Waals surface area contributed by atoms with Gasteiger partial charge in [-0.2, -0.15) is 0 Å². The molecule has 5 aromatic rings. The van der Waals surface area contributed by atoms with Crippen LogP contribution in [0.5, 0.6) is 5.88 Å². The van der Waals surface area contributed by atoms with Crippen molar-refractivity contribution in [3.8, 4) is 28.3 Å². The second-order valence-corrected chi connectivity index (χ2v) is 9.48. The Morgan fingerprint density at radius 2 is 1.68 bits per heavy atom. The Morgan fingerprint density at radius 1 is 0.921 bits per heavy atom. The normalized spacial score (nSPS) is 13.7. The molecule has 7 heteroatoms. The van der Waals surface area contributed by atoms with Crippen molar-refractivity contribution in [3.63, 3.8) is 0 Å². The fourth-order valence-corrected chi connectivity index (χ4v) is 4.82. The summed E-state index contributed by atoms with van der Waals surface area (Å²) in [5.41, 5.74) is 6.26. The molecule has 1 aliphatic rings. The van der Waals surface area contributed by atoms with Crippen LogP contribution in [-0.4, -0.2) is 32.8 Å². The minimum atomic E-state index is -0.999. The first-order valence-electron chi connectivity index (χ1n) is 12.6. The van der Waals surface area contributed by atoms with Crippen LogP contribution in [0.3, 0.4) is 0 Å². The molecule has 1 fully saturated rings. The van der Waals surface area contributed by atoms with Crippen molar-refractivity contribution in [3.05, 3.63) is 109 Å². The van der Waals surface area contributed by atoms with Crippen LogP contribution in [0.15, 0.2) is 97.5 Å². The maximum Gasteiger partial charge on any atom is 0.405 e. The third-order valence-electron chi connectivity index (χ3n) is 6.98. The predicted octanol–water partition coefficient (Wildman–Crippen LogP) is 6.24. The zero-order valence-corrected chi connectivity index (χ0v) is 20.7. The predicted molar refractivity (Wildman–Crippen MR) is 146 cm³/mol. The van der Waals surface area contributed by atoms with Gasteiger partial charge in [0, 0.05) is 36.1 Å². The molecule has 7 nitrogen and oxygen atoms in total. The Morgan fingerprint density at radius 3 is 2.39 bits per heavy atom. The lowest BCUT2D eigenvalue weighted by atomic mass is 9.96. The SMILES string of the molecule is O=C(O)NC1(c2ccc(-c3nc4ccnc(OCCc5ccncc5)c4cc3-c3ccccc3)cc2)CC1. The Hall–Kier alpha value is -4.78. The topological polar surface area (TPSA) is 97.2 Å². The molecule has 2 aromatic carbocycles. The molecule has 188 valence electrons. The number of amides is 1. The van der Waals surface area contributed by atoms with Crippen LogP contribution in [-0.2, 0) is 12.0 Å². The number of carbonyl (C=O) groups is 1. The molecule has 2 N–H and O–H groups in total. The minimum absolute atomic E-state index is 0.475. The fraction of sp³-hybridized carbons (Fsp3) is 0.161. The molecule has 0 unspecified atom stereocenters. The van der Waals surface area contributed by atoms with E-state index in [4.69, 9.17) is 9.72 Å². The number of hydrogen-bond acceptors (Lipinski definition) is 5. The van der Waals surface area contributed by atoms with E-state index in [1.165, 1.54) is 0 Å². The highest BCUT2D eigenvalue weighted by Gasteiger charge is 2.45. The highest BCUT2D eigenvalue weighted by Crippen LogP contribution is 2.46. The fourth-order valence-electron chi connectivity index (χ4n) is 4.82.